The van der Waals surface area contributed by atoms with E-state index in [1.165, 1.54) is 97.1 Å². The van der Waals surface area contributed by atoms with Gasteiger partial charge in [-0.1, -0.05) is 0 Å². The molecule has 0 unspecified atom stereocenters. The lowest BCUT2D eigenvalue weighted by Gasteiger charge is -2.09. The number of phenols is 2. The van der Waals surface area contributed by atoms with Gasteiger partial charge in [0.15, 0.2) is 0 Å². The Labute approximate surface area is 233 Å². The lowest BCUT2D eigenvalue weighted by molar-refractivity contribution is 0.393. The fraction of sp³-hybridized carbons (Fsp3) is 0. The maximum atomic E-state index is 12.8. The van der Waals surface area contributed by atoms with Gasteiger partial charge < -0.3 is 19.7 Å². The molecule has 0 aliphatic rings. The summed E-state index contributed by atoms with van der Waals surface area (Å²) in [5.74, 6) is 0.156. The third kappa shape index (κ3) is 6.03. The molecule has 5 aromatic rings. The minimum Gasteiger partial charge on any atom is -0.508 e. The van der Waals surface area contributed by atoms with E-state index in [0.717, 1.165) is 0 Å². The van der Waals surface area contributed by atoms with Crippen molar-refractivity contribution >= 4 is 19.7 Å². The van der Waals surface area contributed by atoms with Crippen molar-refractivity contribution < 1.29 is 36.5 Å². The maximum absolute atomic E-state index is 12.8. The molecule has 12 nitrogen and oxygen atoms in total. The zero-order valence-corrected chi connectivity index (χ0v) is 22.3. The minimum absolute atomic E-state index is 0.00289. The monoisotopic (exact) mass is 593 g/mol. The Bertz CT molecular complexity index is 1830. The topological polar surface area (TPSA) is 186 Å². The number of benzene rings is 4. The third-order valence-electron chi connectivity index (χ3n) is 5.59. The molecule has 4 aromatic carbocycles. The summed E-state index contributed by atoms with van der Waals surface area (Å²) in [6, 6.07) is 20.2. The number of nitrogens with zero attached hydrogens (tertiary/aromatic N) is 2. The first-order valence-electron chi connectivity index (χ1n) is 11.6. The largest absolute Gasteiger partial charge is 0.508 e. The lowest BCUT2D eigenvalue weighted by Crippen LogP contribution is -2.13. The third-order valence-corrected chi connectivity index (χ3v) is 9.17. The van der Waals surface area contributed by atoms with Gasteiger partial charge >= 0.3 is 17.7 Å². The van der Waals surface area contributed by atoms with Crippen LogP contribution in [-0.2, 0) is 19.7 Å². The summed E-state index contributed by atoms with van der Waals surface area (Å²) in [6.45, 7) is 0. The van der Waals surface area contributed by atoms with Crippen LogP contribution in [0.15, 0.2) is 121 Å². The number of H-pyrrole nitrogens is 1. The van der Waals surface area contributed by atoms with E-state index in [-0.39, 0.29) is 54.6 Å². The maximum Gasteiger partial charge on any atom is 0.353 e. The van der Waals surface area contributed by atoms with E-state index in [0.29, 0.717) is 0 Å². The standard InChI is InChI=1S/C27H19N3O9S2/c31-17-1-9-21(10-2-17)40(34,35)23-13-5-19(6-14-23)38-26-28-25(33)29-27(30-26)39-20-7-15-24(16-8-20)41(36,37)22-11-3-18(32)4-12-22/h1-16,31-32H,(H,28,29,30,33). The van der Waals surface area contributed by atoms with E-state index in [1.807, 2.05) is 0 Å². The second-order valence-corrected chi connectivity index (χ2v) is 12.3. The molecular weight excluding hydrogens is 574 g/mol. The molecule has 0 atom stereocenters. The Morgan fingerprint density at radius 2 is 0.902 bits per heavy atom. The van der Waals surface area contributed by atoms with E-state index in [2.05, 4.69) is 15.0 Å². The van der Waals surface area contributed by atoms with Crippen molar-refractivity contribution in [2.24, 2.45) is 0 Å². The smallest absolute Gasteiger partial charge is 0.353 e. The van der Waals surface area contributed by atoms with E-state index in [4.69, 9.17) is 9.47 Å². The number of rotatable bonds is 8. The van der Waals surface area contributed by atoms with Gasteiger partial charge in [0.05, 0.1) is 19.6 Å². The van der Waals surface area contributed by atoms with Crippen LogP contribution >= 0.6 is 0 Å². The van der Waals surface area contributed by atoms with Crippen molar-refractivity contribution in [2.45, 2.75) is 19.6 Å². The molecule has 5 rings (SSSR count). The van der Waals surface area contributed by atoms with Gasteiger partial charge in [-0.2, -0.15) is 0 Å². The fourth-order valence-corrected chi connectivity index (χ4v) is 6.08. The highest BCUT2D eigenvalue weighted by molar-refractivity contribution is 7.91. The first kappa shape index (κ1) is 27.4. The van der Waals surface area contributed by atoms with Crippen LogP contribution in [0.1, 0.15) is 0 Å². The normalized spacial score (nSPS) is 11.6. The number of sulfone groups is 2. The zero-order chi connectivity index (χ0) is 29.2. The number of aromatic amines is 1. The second kappa shape index (κ2) is 10.7. The van der Waals surface area contributed by atoms with E-state index in [9.17, 15) is 31.8 Å². The van der Waals surface area contributed by atoms with Gasteiger partial charge in [-0.05, 0) is 97.1 Å². The number of phenolic OH excluding ortho intramolecular Hbond substituents is 2. The molecule has 1 heterocycles. The summed E-state index contributed by atoms with van der Waals surface area (Å²) >= 11 is 0. The van der Waals surface area contributed by atoms with Gasteiger partial charge in [0.1, 0.15) is 23.0 Å². The molecule has 0 radical (unpaired) electrons. The molecule has 0 aliphatic carbocycles. The molecule has 14 heteroatoms. The number of hydrogen-bond acceptors (Lipinski definition) is 11. The average Bonchev–Trinajstić information content (AvgIpc) is 2.94. The second-order valence-electron chi connectivity index (χ2n) is 8.38. The highest BCUT2D eigenvalue weighted by atomic mass is 32.2. The van der Waals surface area contributed by atoms with Crippen LogP contribution in [-0.4, -0.2) is 42.0 Å². The Balaban J connectivity index is 1.30. The summed E-state index contributed by atoms with van der Waals surface area (Å²) < 4.78 is 62.2. The number of hydrogen-bond donors (Lipinski definition) is 3. The lowest BCUT2D eigenvalue weighted by atomic mass is 10.3. The SMILES string of the molecule is O=c1nc(Oc2ccc(S(=O)(=O)c3ccc(O)cc3)cc2)nc(Oc2ccc(S(=O)(=O)c3ccc(O)cc3)cc2)[nH]1. The summed E-state index contributed by atoms with van der Waals surface area (Å²) in [4.78, 5) is 21.9. The fourth-order valence-electron chi connectivity index (χ4n) is 3.55. The quantitative estimate of drug-likeness (QED) is 0.237. The molecule has 0 spiro atoms. The molecular formula is C27H19N3O9S2. The molecule has 208 valence electrons. The predicted octanol–water partition coefficient (Wildman–Crippen LogP) is 3.83. The first-order chi connectivity index (χ1) is 19.5. The number of ether oxygens (including phenoxy) is 2. The van der Waals surface area contributed by atoms with Gasteiger partial charge in [-0.25, -0.2) is 21.6 Å². The van der Waals surface area contributed by atoms with E-state index in [1.54, 1.807) is 0 Å². The Morgan fingerprint density at radius 3 is 1.32 bits per heavy atom. The summed E-state index contributed by atoms with van der Waals surface area (Å²) in [6.07, 6.45) is 0. The Kier molecular flexibility index (Phi) is 7.17. The van der Waals surface area contributed by atoms with Crippen LogP contribution in [0.2, 0.25) is 0 Å². The first-order valence-corrected chi connectivity index (χ1v) is 14.6. The molecule has 3 N–H and O–H groups in total. The van der Waals surface area contributed by atoms with Crippen LogP contribution < -0.4 is 15.2 Å². The van der Waals surface area contributed by atoms with Crippen LogP contribution in [0, 0.1) is 0 Å². The predicted molar refractivity (Wildman–Crippen MR) is 143 cm³/mol. The van der Waals surface area contributed by atoms with Crippen molar-refractivity contribution in [3.05, 3.63) is 108 Å². The number of nitrogens with one attached hydrogen (secondary N) is 1. The van der Waals surface area contributed by atoms with Crippen LogP contribution in [0.25, 0.3) is 0 Å². The van der Waals surface area contributed by atoms with Crippen LogP contribution in [0.4, 0.5) is 0 Å². The molecule has 0 saturated heterocycles. The molecule has 0 fully saturated rings. The van der Waals surface area contributed by atoms with Gasteiger partial charge in [0.25, 0.3) is 0 Å². The molecule has 41 heavy (non-hydrogen) atoms. The summed E-state index contributed by atoms with van der Waals surface area (Å²) in [7, 11) is -7.69. The molecule has 0 bridgehead atoms. The van der Waals surface area contributed by atoms with Crippen molar-refractivity contribution in [3.8, 4) is 35.0 Å². The Hall–Kier alpha value is -5.21. The van der Waals surface area contributed by atoms with Gasteiger partial charge in [-0.15, -0.1) is 9.97 Å². The van der Waals surface area contributed by atoms with Crippen molar-refractivity contribution in [3.63, 3.8) is 0 Å². The van der Waals surface area contributed by atoms with Gasteiger partial charge in [-0.3, -0.25) is 4.98 Å². The van der Waals surface area contributed by atoms with Gasteiger partial charge in [0, 0.05) is 0 Å². The van der Waals surface area contributed by atoms with Crippen LogP contribution in [0.3, 0.4) is 0 Å². The van der Waals surface area contributed by atoms with E-state index < -0.39 is 25.4 Å². The number of aromatic nitrogens is 3. The van der Waals surface area contributed by atoms with E-state index >= 15 is 0 Å². The highest BCUT2D eigenvalue weighted by Crippen LogP contribution is 2.28. The summed E-state index contributed by atoms with van der Waals surface area (Å²) in [5, 5.41) is 18.8. The molecule has 0 saturated carbocycles. The highest BCUT2D eigenvalue weighted by Gasteiger charge is 2.19. The Morgan fingerprint density at radius 1 is 0.537 bits per heavy atom. The summed E-state index contributed by atoms with van der Waals surface area (Å²) in [5.41, 5.74) is -0.844. The molecule has 0 amide bonds. The van der Waals surface area contributed by atoms with Gasteiger partial charge in [0.2, 0.25) is 19.7 Å². The molecule has 1 aromatic heterocycles. The van der Waals surface area contributed by atoms with Crippen molar-refractivity contribution in [1.29, 1.82) is 0 Å². The molecule has 0 aliphatic heterocycles. The van der Waals surface area contributed by atoms with Crippen molar-refractivity contribution in [2.75, 3.05) is 0 Å². The number of aromatic hydroxyl groups is 2. The van der Waals surface area contributed by atoms with Crippen molar-refractivity contribution in [1.82, 2.24) is 15.0 Å². The average molecular weight is 594 g/mol. The minimum atomic E-state index is -3.84. The zero-order valence-electron chi connectivity index (χ0n) is 20.7. The van der Waals surface area contributed by atoms with Crippen LogP contribution in [0.5, 0.6) is 35.0 Å².